The number of anilines is 1. The molecule has 0 atom stereocenters. The molecule has 5 rings (SSSR count). The standard InChI is InChI=1S/C28H31N5O3S/c1-19(29)32-10-12-33(13-11-32)23-8-6-20(7-9-23)24-18-37-25(31-24)17-30-27(36)28(16-26(34)35)14-21-4-2-3-5-22(21)15-28/h2-9,18,29H,10-17H2,1H3,(H,30,36)(H,34,35). The van der Waals surface area contributed by atoms with Crippen molar-refractivity contribution in [1.82, 2.24) is 15.2 Å². The largest absolute Gasteiger partial charge is 0.481 e. The molecule has 0 spiro atoms. The summed E-state index contributed by atoms with van der Waals surface area (Å²) in [5, 5.41) is 23.1. The van der Waals surface area contributed by atoms with Crippen LogP contribution in [0, 0.1) is 10.8 Å². The molecule has 0 radical (unpaired) electrons. The van der Waals surface area contributed by atoms with Gasteiger partial charge in [-0.1, -0.05) is 36.4 Å². The van der Waals surface area contributed by atoms with Crippen LogP contribution in [0.25, 0.3) is 11.3 Å². The molecular weight excluding hydrogens is 486 g/mol. The Morgan fingerprint density at radius 2 is 1.70 bits per heavy atom. The number of aromatic nitrogens is 1. The van der Waals surface area contributed by atoms with Gasteiger partial charge < -0.3 is 20.2 Å². The third kappa shape index (κ3) is 5.36. The van der Waals surface area contributed by atoms with Crippen LogP contribution in [-0.4, -0.2) is 58.9 Å². The Morgan fingerprint density at radius 3 is 2.30 bits per heavy atom. The van der Waals surface area contributed by atoms with Gasteiger partial charge in [0.25, 0.3) is 0 Å². The summed E-state index contributed by atoms with van der Waals surface area (Å²) >= 11 is 1.49. The lowest BCUT2D eigenvalue weighted by Crippen LogP contribution is -2.47. The van der Waals surface area contributed by atoms with Crippen LogP contribution in [-0.2, 0) is 29.0 Å². The molecule has 0 bridgehead atoms. The van der Waals surface area contributed by atoms with Crippen LogP contribution in [0.5, 0.6) is 0 Å². The van der Waals surface area contributed by atoms with E-state index in [4.69, 9.17) is 10.4 Å². The molecular formula is C28H31N5O3S. The number of aliphatic carboxylic acids is 1. The number of rotatable bonds is 7. The van der Waals surface area contributed by atoms with E-state index in [9.17, 15) is 14.7 Å². The van der Waals surface area contributed by atoms with E-state index >= 15 is 0 Å². The normalized spacial score (nSPS) is 16.4. The third-order valence-corrected chi connectivity index (χ3v) is 8.23. The monoisotopic (exact) mass is 517 g/mol. The Hall–Kier alpha value is -3.72. The van der Waals surface area contributed by atoms with Gasteiger partial charge in [0.15, 0.2) is 0 Å². The summed E-state index contributed by atoms with van der Waals surface area (Å²) in [5.41, 5.74) is 4.17. The minimum Gasteiger partial charge on any atom is -0.481 e. The van der Waals surface area contributed by atoms with Crippen molar-refractivity contribution in [2.45, 2.75) is 32.7 Å². The molecule has 9 heteroatoms. The van der Waals surface area contributed by atoms with Crippen molar-refractivity contribution in [2.24, 2.45) is 5.41 Å². The number of carbonyl (C=O) groups is 2. The molecule has 1 aromatic heterocycles. The van der Waals surface area contributed by atoms with Gasteiger partial charge >= 0.3 is 5.97 Å². The molecule has 2 aromatic carbocycles. The molecule has 3 aromatic rings. The van der Waals surface area contributed by atoms with E-state index in [-0.39, 0.29) is 18.9 Å². The lowest BCUT2D eigenvalue weighted by molar-refractivity contribution is -0.145. The summed E-state index contributed by atoms with van der Waals surface area (Å²) in [6.07, 6.45) is 0.679. The number of nitrogens with zero attached hydrogens (tertiary/aromatic N) is 3. The van der Waals surface area contributed by atoms with Crippen molar-refractivity contribution in [2.75, 3.05) is 31.1 Å². The number of hydrogen-bond donors (Lipinski definition) is 3. The summed E-state index contributed by atoms with van der Waals surface area (Å²) in [6, 6.07) is 16.2. The fourth-order valence-corrected chi connectivity index (χ4v) is 6.10. The number of thiazole rings is 1. The zero-order chi connectivity index (χ0) is 26.0. The third-order valence-electron chi connectivity index (χ3n) is 7.38. The first-order chi connectivity index (χ1) is 17.8. The van der Waals surface area contributed by atoms with Crippen molar-refractivity contribution < 1.29 is 14.7 Å². The number of benzene rings is 2. The SMILES string of the molecule is CC(=N)N1CCN(c2ccc(-c3csc(CNC(=O)C4(CC(=O)O)Cc5ccccc5C4)n3)cc2)CC1. The summed E-state index contributed by atoms with van der Waals surface area (Å²) < 4.78 is 0. The van der Waals surface area contributed by atoms with Gasteiger partial charge in [-0.15, -0.1) is 11.3 Å². The minimum absolute atomic E-state index is 0.195. The van der Waals surface area contributed by atoms with Crippen molar-refractivity contribution >= 4 is 34.7 Å². The number of hydrogen-bond acceptors (Lipinski definition) is 6. The Balaban J connectivity index is 1.21. The van der Waals surface area contributed by atoms with Gasteiger partial charge in [0.1, 0.15) is 5.01 Å². The smallest absolute Gasteiger partial charge is 0.304 e. The Kier molecular flexibility index (Phi) is 6.97. The van der Waals surface area contributed by atoms with Gasteiger partial charge in [0, 0.05) is 42.8 Å². The van der Waals surface area contributed by atoms with Crippen molar-refractivity contribution in [3.05, 3.63) is 70.0 Å². The highest BCUT2D eigenvalue weighted by Gasteiger charge is 2.45. The number of fused-ring (bicyclic) bond motifs is 1. The molecule has 192 valence electrons. The van der Waals surface area contributed by atoms with E-state index in [1.807, 2.05) is 36.6 Å². The van der Waals surface area contributed by atoms with E-state index in [2.05, 4.69) is 39.4 Å². The van der Waals surface area contributed by atoms with Crippen molar-refractivity contribution in [3.8, 4) is 11.3 Å². The molecule has 8 nitrogen and oxygen atoms in total. The van der Waals surface area contributed by atoms with Crippen LogP contribution in [0.3, 0.4) is 0 Å². The first-order valence-corrected chi connectivity index (χ1v) is 13.4. The average molecular weight is 518 g/mol. The highest BCUT2D eigenvalue weighted by atomic mass is 32.1. The van der Waals surface area contributed by atoms with E-state index in [1.54, 1.807) is 0 Å². The van der Waals surface area contributed by atoms with Crippen LogP contribution >= 0.6 is 11.3 Å². The zero-order valence-electron chi connectivity index (χ0n) is 20.9. The molecule has 3 N–H and O–H groups in total. The average Bonchev–Trinajstić information content (AvgIpc) is 3.52. The van der Waals surface area contributed by atoms with Crippen LogP contribution in [0.15, 0.2) is 53.9 Å². The second-order valence-corrected chi connectivity index (χ2v) is 10.8. The number of carboxylic acids is 1. The molecule has 2 aliphatic rings. The predicted octanol–water partition coefficient (Wildman–Crippen LogP) is 3.81. The second-order valence-electron chi connectivity index (χ2n) is 9.89. The van der Waals surface area contributed by atoms with E-state index in [0.717, 1.165) is 59.3 Å². The molecule has 37 heavy (non-hydrogen) atoms. The fraction of sp³-hybridized carbons (Fsp3) is 0.357. The quantitative estimate of drug-likeness (QED) is 0.325. The number of nitrogens with one attached hydrogen (secondary N) is 2. The van der Waals surface area contributed by atoms with Crippen molar-refractivity contribution in [1.29, 1.82) is 5.41 Å². The van der Waals surface area contributed by atoms with Crippen LogP contribution in [0.1, 0.15) is 29.5 Å². The maximum absolute atomic E-state index is 13.2. The highest BCUT2D eigenvalue weighted by molar-refractivity contribution is 7.09. The van der Waals surface area contributed by atoms with Crippen LogP contribution in [0.2, 0.25) is 0 Å². The number of piperazine rings is 1. The van der Waals surface area contributed by atoms with Gasteiger partial charge in [-0.25, -0.2) is 4.98 Å². The summed E-state index contributed by atoms with van der Waals surface area (Å²) in [6.45, 7) is 5.61. The maximum Gasteiger partial charge on any atom is 0.304 e. The zero-order valence-corrected chi connectivity index (χ0v) is 21.7. The number of amidine groups is 1. The molecule has 1 amide bonds. The Labute approximate surface area is 220 Å². The maximum atomic E-state index is 13.2. The fourth-order valence-electron chi connectivity index (χ4n) is 5.36. The molecule has 0 saturated carbocycles. The van der Waals surface area contributed by atoms with E-state index in [1.165, 1.54) is 11.3 Å². The first kappa shape index (κ1) is 25.0. The van der Waals surface area contributed by atoms with Gasteiger partial charge in [-0.3, -0.25) is 15.0 Å². The van der Waals surface area contributed by atoms with Crippen LogP contribution in [0.4, 0.5) is 5.69 Å². The number of amides is 1. The first-order valence-electron chi connectivity index (χ1n) is 12.5. The summed E-state index contributed by atoms with van der Waals surface area (Å²) in [4.78, 5) is 34.0. The van der Waals surface area contributed by atoms with E-state index in [0.29, 0.717) is 18.7 Å². The minimum atomic E-state index is -0.964. The summed E-state index contributed by atoms with van der Waals surface area (Å²) in [5.74, 6) is -0.573. The molecule has 1 aliphatic carbocycles. The molecule has 1 aliphatic heterocycles. The molecule has 1 saturated heterocycles. The van der Waals surface area contributed by atoms with Gasteiger partial charge in [-0.05, 0) is 43.0 Å². The lowest BCUT2D eigenvalue weighted by Gasteiger charge is -2.36. The Morgan fingerprint density at radius 1 is 1.05 bits per heavy atom. The van der Waals surface area contributed by atoms with Crippen LogP contribution < -0.4 is 10.2 Å². The predicted molar refractivity (Wildman–Crippen MR) is 145 cm³/mol. The summed E-state index contributed by atoms with van der Waals surface area (Å²) in [7, 11) is 0. The topological polar surface area (TPSA) is 110 Å². The van der Waals surface area contributed by atoms with Gasteiger partial charge in [0.2, 0.25) is 5.91 Å². The van der Waals surface area contributed by atoms with Crippen molar-refractivity contribution in [3.63, 3.8) is 0 Å². The molecule has 2 heterocycles. The lowest BCUT2D eigenvalue weighted by atomic mass is 9.80. The van der Waals surface area contributed by atoms with E-state index < -0.39 is 11.4 Å². The molecule has 1 fully saturated rings. The Bertz CT molecular complexity index is 1290. The van der Waals surface area contributed by atoms with Gasteiger partial charge in [0.05, 0.1) is 29.9 Å². The number of carboxylic acid groups (broad SMARTS) is 1. The highest BCUT2D eigenvalue weighted by Crippen LogP contribution is 2.40. The van der Waals surface area contributed by atoms with Gasteiger partial charge in [-0.2, -0.15) is 0 Å². The molecule has 0 unspecified atom stereocenters. The number of carbonyl (C=O) groups excluding carboxylic acids is 1. The second kappa shape index (κ2) is 10.3.